The van der Waals surface area contributed by atoms with Crippen molar-refractivity contribution in [2.24, 2.45) is 0 Å². The molecule has 0 radical (unpaired) electrons. The van der Waals surface area contributed by atoms with E-state index in [4.69, 9.17) is 6.42 Å². The van der Waals surface area contributed by atoms with Gasteiger partial charge in [0.05, 0.1) is 6.54 Å². The van der Waals surface area contributed by atoms with Gasteiger partial charge in [-0.1, -0.05) is 18.1 Å². The van der Waals surface area contributed by atoms with Crippen molar-refractivity contribution in [3.05, 3.63) is 12.2 Å². The Hall–Kier alpha value is -1.43. The summed E-state index contributed by atoms with van der Waals surface area (Å²) in [6.45, 7) is 0.353. The fraction of sp³-hybridized carbons (Fsp3) is 0.500. The van der Waals surface area contributed by atoms with Crippen molar-refractivity contribution in [3.8, 4) is 12.3 Å². The molecule has 0 aromatic heterocycles. The zero-order chi connectivity index (χ0) is 9.68. The molecule has 0 unspecified atom stereocenters. The average molecular weight is 178 g/mol. The van der Waals surface area contributed by atoms with Gasteiger partial charge in [-0.15, -0.1) is 6.42 Å². The van der Waals surface area contributed by atoms with Crippen LogP contribution in [0.2, 0.25) is 0 Å². The Bertz CT molecular complexity index is 244. The fourth-order valence-electron chi connectivity index (χ4n) is 1.23. The molecule has 2 amide bonds. The zero-order valence-corrected chi connectivity index (χ0v) is 7.79. The Morgan fingerprint density at radius 2 is 2.31 bits per heavy atom. The lowest BCUT2D eigenvalue weighted by Gasteiger charge is -2.18. The summed E-state index contributed by atoms with van der Waals surface area (Å²) in [5, 5.41) is 2.89. The van der Waals surface area contributed by atoms with Crippen LogP contribution in [-0.2, 0) is 0 Å². The summed E-state index contributed by atoms with van der Waals surface area (Å²) < 4.78 is 0. The van der Waals surface area contributed by atoms with Crippen LogP contribution in [0.4, 0.5) is 4.79 Å². The molecule has 3 heteroatoms. The molecule has 1 aliphatic rings. The second-order valence-corrected chi connectivity index (χ2v) is 3.15. The van der Waals surface area contributed by atoms with Crippen molar-refractivity contribution in [3.63, 3.8) is 0 Å². The van der Waals surface area contributed by atoms with Gasteiger partial charge in [0.25, 0.3) is 0 Å². The first-order valence-corrected chi connectivity index (χ1v) is 4.34. The molecule has 3 nitrogen and oxygen atoms in total. The molecule has 0 saturated heterocycles. The lowest BCUT2D eigenvalue weighted by Crippen LogP contribution is -2.42. The fourth-order valence-corrected chi connectivity index (χ4v) is 1.23. The molecule has 0 fully saturated rings. The van der Waals surface area contributed by atoms with E-state index in [-0.39, 0.29) is 12.1 Å². The highest BCUT2D eigenvalue weighted by Crippen LogP contribution is 2.09. The Morgan fingerprint density at radius 3 is 2.85 bits per heavy atom. The summed E-state index contributed by atoms with van der Waals surface area (Å²) in [6.07, 6.45) is 11.1. The molecule has 0 aliphatic heterocycles. The minimum Gasteiger partial charge on any atom is -0.335 e. The van der Waals surface area contributed by atoms with Gasteiger partial charge in [0.2, 0.25) is 0 Å². The van der Waals surface area contributed by atoms with Crippen LogP contribution < -0.4 is 5.32 Å². The molecule has 0 aromatic rings. The van der Waals surface area contributed by atoms with E-state index in [1.807, 2.05) is 0 Å². The number of urea groups is 1. The van der Waals surface area contributed by atoms with Gasteiger partial charge < -0.3 is 10.2 Å². The number of nitrogens with one attached hydrogen (secondary N) is 1. The second kappa shape index (κ2) is 4.56. The summed E-state index contributed by atoms with van der Waals surface area (Å²) in [4.78, 5) is 12.9. The van der Waals surface area contributed by atoms with E-state index in [9.17, 15) is 4.79 Å². The summed E-state index contributed by atoms with van der Waals surface area (Å²) in [5.41, 5.74) is 0. The highest BCUT2D eigenvalue weighted by Gasteiger charge is 2.14. The highest BCUT2D eigenvalue weighted by atomic mass is 16.2. The maximum atomic E-state index is 11.4. The van der Waals surface area contributed by atoms with Gasteiger partial charge in [-0.05, 0) is 12.8 Å². The summed E-state index contributed by atoms with van der Waals surface area (Å²) in [7, 11) is 1.69. The SMILES string of the molecule is C#CCN(C)C(=O)NC1CC=CC1. The number of terminal acetylenes is 1. The van der Waals surface area contributed by atoms with Crippen LogP contribution in [-0.4, -0.2) is 30.6 Å². The predicted octanol–water partition coefficient (Wildman–Crippen LogP) is 0.980. The maximum Gasteiger partial charge on any atom is 0.318 e. The van der Waals surface area contributed by atoms with Crippen molar-refractivity contribution < 1.29 is 4.79 Å². The number of hydrogen-bond donors (Lipinski definition) is 1. The molecule has 0 heterocycles. The number of nitrogens with zero attached hydrogens (tertiary/aromatic N) is 1. The van der Waals surface area contributed by atoms with Gasteiger partial charge in [-0.3, -0.25) is 0 Å². The molecule has 0 saturated carbocycles. The first-order chi connectivity index (χ1) is 6.24. The van der Waals surface area contributed by atoms with E-state index in [0.29, 0.717) is 6.54 Å². The number of amides is 2. The van der Waals surface area contributed by atoms with Crippen molar-refractivity contribution in [2.75, 3.05) is 13.6 Å². The maximum absolute atomic E-state index is 11.4. The summed E-state index contributed by atoms with van der Waals surface area (Å²) in [6, 6.07) is 0.166. The predicted molar refractivity (Wildman–Crippen MR) is 52.2 cm³/mol. The van der Waals surface area contributed by atoms with Crippen LogP contribution in [0.3, 0.4) is 0 Å². The van der Waals surface area contributed by atoms with Crippen LogP contribution in [0.1, 0.15) is 12.8 Å². The van der Waals surface area contributed by atoms with Crippen molar-refractivity contribution in [1.82, 2.24) is 10.2 Å². The smallest absolute Gasteiger partial charge is 0.318 e. The summed E-state index contributed by atoms with van der Waals surface area (Å²) in [5.74, 6) is 2.42. The standard InChI is InChI=1S/C10H14N2O/c1-3-8-12(2)10(13)11-9-6-4-5-7-9/h1,4-5,9H,6-8H2,2H3,(H,11,13). The van der Waals surface area contributed by atoms with Crippen LogP contribution in [0.25, 0.3) is 0 Å². The number of carbonyl (C=O) groups excluding carboxylic acids is 1. The van der Waals surface area contributed by atoms with Gasteiger partial charge in [0, 0.05) is 13.1 Å². The molecule has 0 spiro atoms. The van der Waals surface area contributed by atoms with Crippen LogP contribution >= 0.6 is 0 Å². The van der Waals surface area contributed by atoms with E-state index in [0.717, 1.165) is 12.8 Å². The van der Waals surface area contributed by atoms with Gasteiger partial charge >= 0.3 is 6.03 Å². The van der Waals surface area contributed by atoms with Gasteiger partial charge in [0.1, 0.15) is 0 Å². The monoisotopic (exact) mass is 178 g/mol. The quantitative estimate of drug-likeness (QED) is 0.496. The molecule has 1 N–H and O–H groups in total. The molecule has 0 atom stereocenters. The zero-order valence-electron chi connectivity index (χ0n) is 7.79. The molecule has 0 bridgehead atoms. The Kier molecular flexibility index (Phi) is 3.39. The molecule has 13 heavy (non-hydrogen) atoms. The molecular formula is C10H14N2O. The van der Waals surface area contributed by atoms with Gasteiger partial charge in [0.15, 0.2) is 0 Å². The largest absolute Gasteiger partial charge is 0.335 e. The molecular weight excluding hydrogens is 164 g/mol. The third-order valence-corrected chi connectivity index (χ3v) is 2.01. The minimum atomic E-state index is -0.0911. The third kappa shape index (κ3) is 2.83. The van der Waals surface area contributed by atoms with Crippen LogP contribution in [0.5, 0.6) is 0 Å². The first-order valence-electron chi connectivity index (χ1n) is 4.34. The van der Waals surface area contributed by atoms with E-state index in [1.54, 1.807) is 7.05 Å². The Morgan fingerprint density at radius 1 is 1.69 bits per heavy atom. The van der Waals surface area contributed by atoms with Crippen molar-refractivity contribution in [2.45, 2.75) is 18.9 Å². The van der Waals surface area contributed by atoms with E-state index >= 15 is 0 Å². The number of hydrogen-bond acceptors (Lipinski definition) is 1. The van der Waals surface area contributed by atoms with Crippen molar-refractivity contribution in [1.29, 1.82) is 0 Å². The van der Waals surface area contributed by atoms with Gasteiger partial charge in [-0.2, -0.15) is 0 Å². The van der Waals surface area contributed by atoms with Crippen LogP contribution in [0.15, 0.2) is 12.2 Å². The lowest BCUT2D eigenvalue weighted by molar-refractivity contribution is 0.210. The van der Waals surface area contributed by atoms with Crippen LogP contribution in [0, 0.1) is 12.3 Å². The normalized spacial score (nSPS) is 15.4. The highest BCUT2D eigenvalue weighted by molar-refractivity contribution is 5.74. The average Bonchev–Trinajstić information content (AvgIpc) is 2.57. The van der Waals surface area contributed by atoms with E-state index < -0.39 is 0 Å². The second-order valence-electron chi connectivity index (χ2n) is 3.15. The Balaban J connectivity index is 2.28. The lowest BCUT2D eigenvalue weighted by atomic mass is 10.2. The molecule has 70 valence electrons. The number of rotatable bonds is 2. The molecule has 1 rings (SSSR count). The Labute approximate surface area is 78.8 Å². The third-order valence-electron chi connectivity index (χ3n) is 2.01. The molecule has 0 aromatic carbocycles. The number of carbonyl (C=O) groups is 1. The summed E-state index contributed by atoms with van der Waals surface area (Å²) >= 11 is 0. The molecule has 1 aliphatic carbocycles. The van der Waals surface area contributed by atoms with Gasteiger partial charge in [-0.25, -0.2) is 4.79 Å². The van der Waals surface area contributed by atoms with E-state index in [2.05, 4.69) is 23.4 Å². The minimum absolute atomic E-state index is 0.0911. The van der Waals surface area contributed by atoms with E-state index in [1.165, 1.54) is 4.90 Å². The first kappa shape index (κ1) is 9.66. The topological polar surface area (TPSA) is 32.3 Å². The van der Waals surface area contributed by atoms with Crippen molar-refractivity contribution >= 4 is 6.03 Å².